The van der Waals surface area contributed by atoms with E-state index >= 15 is 0 Å². The van der Waals surface area contributed by atoms with Crippen LogP contribution in [0.5, 0.6) is 0 Å². The van der Waals surface area contributed by atoms with E-state index in [2.05, 4.69) is 67.9 Å². The summed E-state index contributed by atoms with van der Waals surface area (Å²) in [5.41, 5.74) is 11.5. The normalized spacial score (nSPS) is 11.5. The molecule has 0 aliphatic carbocycles. The van der Waals surface area contributed by atoms with Gasteiger partial charge in [-0.25, -0.2) is 4.98 Å². The highest BCUT2D eigenvalue weighted by atomic mass is 15.1. The van der Waals surface area contributed by atoms with Gasteiger partial charge in [-0.2, -0.15) is 0 Å². The summed E-state index contributed by atoms with van der Waals surface area (Å²) in [6.07, 6.45) is 0. The second-order valence-electron chi connectivity index (χ2n) is 5.80. The Balaban J connectivity index is 2.11. The van der Waals surface area contributed by atoms with Gasteiger partial charge in [-0.3, -0.25) is 0 Å². The smallest absolute Gasteiger partial charge is 0.140 e. The van der Waals surface area contributed by atoms with Gasteiger partial charge < -0.3 is 10.3 Å². The SMILES string of the molecule is CC(C)c1ccc2c(c1)nc(-c1ccc(CN)cc1)n2C. The summed E-state index contributed by atoms with van der Waals surface area (Å²) in [6, 6.07) is 14.9. The maximum absolute atomic E-state index is 5.65. The average molecular weight is 279 g/mol. The van der Waals surface area contributed by atoms with Gasteiger partial charge in [0.1, 0.15) is 5.82 Å². The monoisotopic (exact) mass is 279 g/mol. The molecule has 0 aliphatic heterocycles. The molecule has 0 unspecified atom stereocenters. The van der Waals surface area contributed by atoms with E-state index in [0.717, 1.165) is 28.0 Å². The third-order valence-corrected chi connectivity index (χ3v) is 4.02. The van der Waals surface area contributed by atoms with Crippen LogP contribution in [0.3, 0.4) is 0 Å². The summed E-state index contributed by atoms with van der Waals surface area (Å²) in [4.78, 5) is 4.81. The van der Waals surface area contributed by atoms with Crippen LogP contribution in [0.2, 0.25) is 0 Å². The number of hydrogen-bond acceptors (Lipinski definition) is 2. The molecule has 3 nitrogen and oxygen atoms in total. The molecular formula is C18H21N3. The zero-order valence-electron chi connectivity index (χ0n) is 12.8. The van der Waals surface area contributed by atoms with Crippen LogP contribution in [0.15, 0.2) is 42.5 Å². The molecule has 0 atom stereocenters. The van der Waals surface area contributed by atoms with Crippen LogP contribution >= 0.6 is 0 Å². The zero-order chi connectivity index (χ0) is 15.0. The van der Waals surface area contributed by atoms with Crippen molar-refractivity contribution in [3.05, 3.63) is 53.6 Å². The van der Waals surface area contributed by atoms with Crippen LogP contribution < -0.4 is 5.73 Å². The van der Waals surface area contributed by atoms with Gasteiger partial charge in [-0.1, -0.05) is 44.2 Å². The number of fused-ring (bicyclic) bond motifs is 1. The van der Waals surface area contributed by atoms with Gasteiger partial charge in [-0.15, -0.1) is 0 Å². The molecular weight excluding hydrogens is 258 g/mol. The lowest BCUT2D eigenvalue weighted by molar-refractivity contribution is 0.868. The van der Waals surface area contributed by atoms with Gasteiger partial charge in [0.15, 0.2) is 0 Å². The van der Waals surface area contributed by atoms with Crippen LogP contribution in [0.25, 0.3) is 22.4 Å². The minimum absolute atomic E-state index is 0.517. The van der Waals surface area contributed by atoms with Crippen LogP contribution in [0.1, 0.15) is 30.9 Å². The van der Waals surface area contributed by atoms with E-state index in [4.69, 9.17) is 10.7 Å². The molecule has 0 radical (unpaired) electrons. The molecule has 1 heterocycles. The molecule has 0 fully saturated rings. The Labute approximate surface area is 125 Å². The van der Waals surface area contributed by atoms with E-state index in [0.29, 0.717) is 12.5 Å². The van der Waals surface area contributed by atoms with Crippen molar-refractivity contribution in [3.63, 3.8) is 0 Å². The molecule has 3 heteroatoms. The van der Waals surface area contributed by atoms with E-state index in [1.165, 1.54) is 5.56 Å². The van der Waals surface area contributed by atoms with Gasteiger partial charge >= 0.3 is 0 Å². The summed E-state index contributed by atoms with van der Waals surface area (Å²) in [5.74, 6) is 1.51. The Morgan fingerprint density at radius 2 is 1.81 bits per heavy atom. The van der Waals surface area contributed by atoms with Gasteiger partial charge in [0.25, 0.3) is 0 Å². The third kappa shape index (κ3) is 2.45. The fourth-order valence-electron chi connectivity index (χ4n) is 2.62. The predicted octanol–water partition coefficient (Wildman–Crippen LogP) is 3.82. The number of aryl methyl sites for hydroxylation is 1. The van der Waals surface area contributed by atoms with Crippen molar-refractivity contribution in [2.75, 3.05) is 0 Å². The quantitative estimate of drug-likeness (QED) is 0.792. The molecule has 21 heavy (non-hydrogen) atoms. The molecule has 1 aromatic heterocycles. The highest BCUT2D eigenvalue weighted by molar-refractivity contribution is 5.81. The highest BCUT2D eigenvalue weighted by Crippen LogP contribution is 2.26. The van der Waals surface area contributed by atoms with Crippen LogP contribution in [-0.2, 0) is 13.6 Å². The number of benzene rings is 2. The zero-order valence-corrected chi connectivity index (χ0v) is 12.8. The molecule has 0 saturated heterocycles. The summed E-state index contributed by atoms with van der Waals surface area (Å²) >= 11 is 0. The van der Waals surface area contributed by atoms with Crippen LogP contribution in [0.4, 0.5) is 0 Å². The molecule has 3 aromatic rings. The molecule has 0 saturated carbocycles. The number of aromatic nitrogens is 2. The van der Waals surface area contributed by atoms with Crippen LogP contribution in [0, 0.1) is 0 Å². The fourth-order valence-corrected chi connectivity index (χ4v) is 2.62. The van der Waals surface area contributed by atoms with Crippen molar-refractivity contribution in [2.45, 2.75) is 26.3 Å². The Bertz CT molecular complexity index is 767. The lowest BCUT2D eigenvalue weighted by Gasteiger charge is -2.05. The van der Waals surface area contributed by atoms with Crippen molar-refractivity contribution >= 4 is 11.0 Å². The van der Waals surface area contributed by atoms with Crippen molar-refractivity contribution in [2.24, 2.45) is 12.8 Å². The predicted molar refractivity (Wildman–Crippen MR) is 88.1 cm³/mol. The second-order valence-corrected chi connectivity index (χ2v) is 5.80. The Kier molecular flexibility index (Phi) is 3.52. The maximum Gasteiger partial charge on any atom is 0.140 e. The van der Waals surface area contributed by atoms with E-state index in [9.17, 15) is 0 Å². The Morgan fingerprint density at radius 1 is 1.10 bits per heavy atom. The van der Waals surface area contributed by atoms with Gasteiger partial charge in [0.05, 0.1) is 11.0 Å². The first-order valence-corrected chi connectivity index (χ1v) is 7.36. The van der Waals surface area contributed by atoms with Gasteiger partial charge in [0.2, 0.25) is 0 Å². The Hall–Kier alpha value is -2.13. The average Bonchev–Trinajstić information content (AvgIpc) is 2.84. The summed E-state index contributed by atoms with van der Waals surface area (Å²) in [7, 11) is 2.07. The van der Waals surface area contributed by atoms with E-state index in [-0.39, 0.29) is 0 Å². The van der Waals surface area contributed by atoms with E-state index in [1.54, 1.807) is 0 Å². The molecule has 3 rings (SSSR count). The largest absolute Gasteiger partial charge is 0.327 e. The molecule has 2 aromatic carbocycles. The molecule has 108 valence electrons. The molecule has 0 aliphatic rings. The van der Waals surface area contributed by atoms with Crippen molar-refractivity contribution in [3.8, 4) is 11.4 Å². The van der Waals surface area contributed by atoms with Crippen molar-refractivity contribution < 1.29 is 0 Å². The standard InChI is InChI=1S/C18H21N3/c1-12(2)15-8-9-17-16(10-15)20-18(21(17)3)14-6-4-13(11-19)5-7-14/h4-10,12H,11,19H2,1-3H3. The van der Waals surface area contributed by atoms with Gasteiger partial charge in [0, 0.05) is 19.2 Å². The second kappa shape index (κ2) is 5.34. The van der Waals surface area contributed by atoms with Gasteiger partial charge in [-0.05, 0) is 29.2 Å². The lowest BCUT2D eigenvalue weighted by Crippen LogP contribution is -1.96. The molecule has 2 N–H and O–H groups in total. The number of hydrogen-bond donors (Lipinski definition) is 1. The van der Waals surface area contributed by atoms with Crippen molar-refractivity contribution in [1.82, 2.24) is 9.55 Å². The number of nitrogens with two attached hydrogens (primary N) is 1. The highest BCUT2D eigenvalue weighted by Gasteiger charge is 2.11. The number of imidazole rings is 1. The third-order valence-electron chi connectivity index (χ3n) is 4.02. The van der Waals surface area contributed by atoms with Crippen molar-refractivity contribution in [1.29, 1.82) is 0 Å². The summed E-state index contributed by atoms with van der Waals surface area (Å²) in [5, 5.41) is 0. The minimum atomic E-state index is 0.517. The summed E-state index contributed by atoms with van der Waals surface area (Å²) < 4.78 is 2.15. The number of rotatable bonds is 3. The first-order chi connectivity index (χ1) is 10.1. The first-order valence-electron chi connectivity index (χ1n) is 7.36. The topological polar surface area (TPSA) is 43.8 Å². The van der Waals surface area contributed by atoms with E-state index < -0.39 is 0 Å². The number of nitrogens with zero attached hydrogens (tertiary/aromatic N) is 2. The minimum Gasteiger partial charge on any atom is -0.327 e. The summed E-state index contributed by atoms with van der Waals surface area (Å²) in [6.45, 7) is 4.98. The molecule has 0 spiro atoms. The lowest BCUT2D eigenvalue weighted by atomic mass is 10.0. The fraction of sp³-hybridized carbons (Fsp3) is 0.278. The maximum atomic E-state index is 5.65. The molecule has 0 amide bonds. The Morgan fingerprint density at radius 3 is 2.43 bits per heavy atom. The van der Waals surface area contributed by atoms with Crippen LogP contribution in [-0.4, -0.2) is 9.55 Å². The molecule has 0 bridgehead atoms. The first kappa shape index (κ1) is 13.8. The van der Waals surface area contributed by atoms with E-state index in [1.807, 2.05) is 0 Å².